The monoisotopic (exact) mass is 349 g/mol. The Bertz CT molecular complexity index is 911. The lowest BCUT2D eigenvalue weighted by Gasteiger charge is -2.22. The summed E-state index contributed by atoms with van der Waals surface area (Å²) in [4.78, 5) is 43.3. The quantitative estimate of drug-likeness (QED) is 0.682. The molecule has 1 aliphatic carbocycles. The number of likely N-dealkylation sites (tertiary alicyclic amines) is 1. The number of carbonyl (C=O) groups excluding carboxylic acids is 3. The first-order valence-corrected chi connectivity index (χ1v) is 8.74. The van der Waals surface area contributed by atoms with Crippen LogP contribution in [0.15, 0.2) is 48.7 Å². The Balaban J connectivity index is 1.52. The predicted octanol–water partition coefficient (Wildman–Crippen LogP) is 2.51. The van der Waals surface area contributed by atoms with E-state index >= 15 is 0 Å². The summed E-state index contributed by atoms with van der Waals surface area (Å²) in [6.07, 6.45) is 6.57. The predicted molar refractivity (Wildman–Crippen MR) is 97.0 cm³/mol. The first-order valence-electron chi connectivity index (χ1n) is 8.74. The third-order valence-corrected chi connectivity index (χ3v) is 5.17. The molecule has 0 spiro atoms. The number of hydrogen-bond acceptors (Lipinski definition) is 4. The van der Waals surface area contributed by atoms with E-state index in [0.717, 1.165) is 15.8 Å². The van der Waals surface area contributed by atoms with Crippen LogP contribution in [0.4, 0.5) is 5.69 Å². The molecule has 132 valence electrons. The summed E-state index contributed by atoms with van der Waals surface area (Å²) in [6.45, 7) is 1.59. The van der Waals surface area contributed by atoms with Crippen LogP contribution in [0.3, 0.4) is 0 Å². The normalized spacial score (nSPS) is 23.2. The molecule has 1 aromatic heterocycles. The molecule has 6 heteroatoms. The second kappa shape index (κ2) is 6.37. The summed E-state index contributed by atoms with van der Waals surface area (Å²) in [5.41, 5.74) is 1.37. The fraction of sp³-hybridized carbons (Fsp3) is 0.300. The molecule has 2 heterocycles. The molecule has 1 aliphatic heterocycles. The van der Waals surface area contributed by atoms with Crippen LogP contribution in [0.25, 0.3) is 10.9 Å². The third-order valence-electron chi connectivity index (χ3n) is 5.17. The fourth-order valence-electron chi connectivity index (χ4n) is 3.71. The number of pyridine rings is 1. The maximum absolute atomic E-state index is 12.6. The summed E-state index contributed by atoms with van der Waals surface area (Å²) < 4.78 is 0. The van der Waals surface area contributed by atoms with E-state index in [9.17, 15) is 14.4 Å². The van der Waals surface area contributed by atoms with Gasteiger partial charge in [-0.25, -0.2) is 0 Å². The van der Waals surface area contributed by atoms with Gasteiger partial charge in [0.15, 0.2) is 0 Å². The Kier molecular flexibility index (Phi) is 4.03. The SMILES string of the molecule is C[C@H](C(=O)Nc1cnc2ccccc2c1)N1C(=O)[C@H]2CC=CC[C@H]2C1=O. The van der Waals surface area contributed by atoms with E-state index in [4.69, 9.17) is 0 Å². The zero-order valence-corrected chi connectivity index (χ0v) is 14.4. The number of rotatable bonds is 3. The van der Waals surface area contributed by atoms with Gasteiger partial charge in [0.1, 0.15) is 6.04 Å². The van der Waals surface area contributed by atoms with E-state index in [1.54, 1.807) is 13.1 Å². The van der Waals surface area contributed by atoms with E-state index in [2.05, 4.69) is 10.3 Å². The van der Waals surface area contributed by atoms with Gasteiger partial charge in [-0.05, 0) is 31.9 Å². The zero-order chi connectivity index (χ0) is 18.3. The molecule has 4 rings (SSSR count). The maximum Gasteiger partial charge on any atom is 0.247 e. The summed E-state index contributed by atoms with van der Waals surface area (Å²) >= 11 is 0. The molecule has 1 aromatic carbocycles. The van der Waals surface area contributed by atoms with Gasteiger partial charge < -0.3 is 5.32 Å². The van der Waals surface area contributed by atoms with Gasteiger partial charge in [-0.2, -0.15) is 0 Å². The van der Waals surface area contributed by atoms with Gasteiger partial charge in [0, 0.05) is 5.39 Å². The zero-order valence-electron chi connectivity index (χ0n) is 14.4. The molecule has 3 amide bonds. The van der Waals surface area contributed by atoms with Crippen LogP contribution in [0, 0.1) is 11.8 Å². The second-order valence-corrected chi connectivity index (χ2v) is 6.78. The van der Waals surface area contributed by atoms with Gasteiger partial charge in [-0.1, -0.05) is 30.4 Å². The van der Waals surface area contributed by atoms with E-state index in [-0.39, 0.29) is 23.7 Å². The van der Waals surface area contributed by atoms with Gasteiger partial charge in [0.05, 0.1) is 29.2 Å². The van der Waals surface area contributed by atoms with Gasteiger partial charge >= 0.3 is 0 Å². The number of allylic oxidation sites excluding steroid dienone is 2. The summed E-state index contributed by atoms with van der Waals surface area (Å²) in [7, 11) is 0. The number of nitrogens with one attached hydrogen (secondary N) is 1. The van der Waals surface area contributed by atoms with Crippen molar-refractivity contribution in [1.82, 2.24) is 9.88 Å². The first kappa shape index (κ1) is 16.4. The molecule has 1 fully saturated rings. The molecule has 1 N–H and O–H groups in total. The number of fused-ring (bicyclic) bond motifs is 2. The standard InChI is InChI=1S/C20H19N3O3/c1-12(23-19(25)15-7-3-4-8-16(15)20(23)26)18(24)22-14-10-13-6-2-5-9-17(13)21-11-14/h2-6,9-12,15-16H,7-8H2,1H3,(H,22,24)/t12-,15-,16+/m1/s1. The molecule has 6 nitrogen and oxygen atoms in total. The Morgan fingerprint density at radius 2 is 1.81 bits per heavy atom. The van der Waals surface area contributed by atoms with Crippen LogP contribution < -0.4 is 5.32 Å². The minimum atomic E-state index is -0.855. The van der Waals surface area contributed by atoms with E-state index in [0.29, 0.717) is 18.5 Å². The van der Waals surface area contributed by atoms with Gasteiger partial charge in [-0.15, -0.1) is 0 Å². The molecule has 0 radical (unpaired) electrons. The topological polar surface area (TPSA) is 79.4 Å². The highest BCUT2D eigenvalue weighted by Gasteiger charge is 2.50. The van der Waals surface area contributed by atoms with E-state index in [1.807, 2.05) is 42.5 Å². The van der Waals surface area contributed by atoms with Crippen molar-refractivity contribution >= 4 is 34.3 Å². The molecule has 0 saturated carbocycles. The van der Waals surface area contributed by atoms with Crippen molar-refractivity contribution in [2.24, 2.45) is 11.8 Å². The first-order chi connectivity index (χ1) is 12.6. The Morgan fingerprint density at radius 1 is 1.15 bits per heavy atom. The fourth-order valence-corrected chi connectivity index (χ4v) is 3.71. The number of imide groups is 1. The van der Waals surface area contributed by atoms with Crippen molar-refractivity contribution in [3.8, 4) is 0 Å². The van der Waals surface area contributed by atoms with Crippen molar-refractivity contribution in [2.75, 3.05) is 5.32 Å². The smallest absolute Gasteiger partial charge is 0.247 e. The molecule has 1 saturated heterocycles. The van der Waals surface area contributed by atoms with Crippen molar-refractivity contribution in [3.05, 3.63) is 48.7 Å². The third kappa shape index (κ3) is 2.67. The Morgan fingerprint density at radius 3 is 2.50 bits per heavy atom. The number of carbonyl (C=O) groups is 3. The lowest BCUT2D eigenvalue weighted by molar-refractivity contribution is -0.146. The number of nitrogens with zero attached hydrogens (tertiary/aromatic N) is 2. The van der Waals surface area contributed by atoms with Gasteiger partial charge in [0.2, 0.25) is 17.7 Å². The van der Waals surface area contributed by atoms with Crippen LogP contribution >= 0.6 is 0 Å². The van der Waals surface area contributed by atoms with Crippen LogP contribution in [0.2, 0.25) is 0 Å². The minimum Gasteiger partial charge on any atom is -0.323 e. The van der Waals surface area contributed by atoms with Gasteiger partial charge in [-0.3, -0.25) is 24.3 Å². The average Bonchev–Trinajstić information content (AvgIpc) is 2.92. The van der Waals surface area contributed by atoms with Crippen LogP contribution in [-0.4, -0.2) is 33.6 Å². The lowest BCUT2D eigenvalue weighted by atomic mass is 9.85. The largest absolute Gasteiger partial charge is 0.323 e. The molecular formula is C20H19N3O3. The highest BCUT2D eigenvalue weighted by atomic mass is 16.2. The van der Waals surface area contributed by atoms with Gasteiger partial charge in [0.25, 0.3) is 0 Å². The van der Waals surface area contributed by atoms with Crippen molar-refractivity contribution in [2.45, 2.75) is 25.8 Å². The average molecular weight is 349 g/mol. The van der Waals surface area contributed by atoms with E-state index < -0.39 is 11.9 Å². The van der Waals surface area contributed by atoms with Crippen molar-refractivity contribution in [3.63, 3.8) is 0 Å². The number of anilines is 1. The second-order valence-electron chi connectivity index (χ2n) is 6.78. The van der Waals surface area contributed by atoms with Crippen LogP contribution in [-0.2, 0) is 14.4 Å². The molecule has 0 bridgehead atoms. The van der Waals surface area contributed by atoms with Crippen molar-refractivity contribution in [1.29, 1.82) is 0 Å². The highest BCUT2D eigenvalue weighted by Crippen LogP contribution is 2.36. The molecule has 26 heavy (non-hydrogen) atoms. The molecule has 2 aliphatic rings. The Labute approximate surface area is 150 Å². The van der Waals surface area contributed by atoms with Crippen molar-refractivity contribution < 1.29 is 14.4 Å². The molecule has 3 atom stereocenters. The summed E-state index contributed by atoms with van der Waals surface area (Å²) in [5.74, 6) is -1.54. The summed E-state index contributed by atoms with van der Waals surface area (Å²) in [6, 6.07) is 8.56. The number of amides is 3. The number of hydrogen-bond donors (Lipinski definition) is 1. The minimum absolute atomic E-state index is 0.247. The highest BCUT2D eigenvalue weighted by molar-refractivity contribution is 6.10. The molecule has 2 aromatic rings. The van der Waals surface area contributed by atoms with E-state index in [1.165, 1.54) is 0 Å². The number of para-hydroxylation sites is 1. The number of benzene rings is 1. The molecule has 0 unspecified atom stereocenters. The lowest BCUT2D eigenvalue weighted by Crippen LogP contribution is -2.46. The number of aromatic nitrogens is 1. The van der Waals surface area contributed by atoms with Crippen LogP contribution in [0.1, 0.15) is 19.8 Å². The summed E-state index contributed by atoms with van der Waals surface area (Å²) in [5, 5.41) is 3.68. The molecular weight excluding hydrogens is 330 g/mol. The maximum atomic E-state index is 12.6. The van der Waals surface area contributed by atoms with Crippen LogP contribution in [0.5, 0.6) is 0 Å². The Hall–Kier alpha value is -3.02.